The van der Waals surface area contributed by atoms with Crippen molar-refractivity contribution in [2.45, 2.75) is 6.42 Å². The molecule has 0 aliphatic carbocycles. The molecular weight excluding hydrogens is 330 g/mol. The van der Waals surface area contributed by atoms with Gasteiger partial charge in [0.1, 0.15) is 5.82 Å². The first-order chi connectivity index (χ1) is 11.7. The highest BCUT2D eigenvalue weighted by atomic mass is 32.1. The summed E-state index contributed by atoms with van der Waals surface area (Å²) in [5.74, 6) is 0.338. The van der Waals surface area contributed by atoms with Crippen LogP contribution in [0, 0.1) is 0 Å². The van der Waals surface area contributed by atoms with Crippen LogP contribution in [0.2, 0.25) is 0 Å². The van der Waals surface area contributed by atoms with Crippen molar-refractivity contribution >= 4 is 39.9 Å². The Morgan fingerprint density at radius 2 is 2.29 bits per heavy atom. The lowest BCUT2D eigenvalue weighted by molar-refractivity contribution is -0.115. The molecule has 1 fully saturated rings. The lowest BCUT2D eigenvalue weighted by atomic mass is 10.3. The van der Waals surface area contributed by atoms with E-state index in [9.17, 15) is 9.59 Å². The average Bonchev–Trinajstić information content (AvgIpc) is 3.27. The summed E-state index contributed by atoms with van der Waals surface area (Å²) in [6.07, 6.45) is 3.35. The van der Waals surface area contributed by atoms with E-state index in [0.717, 1.165) is 0 Å². The van der Waals surface area contributed by atoms with Gasteiger partial charge >= 0.3 is 6.03 Å². The first kappa shape index (κ1) is 14.6. The summed E-state index contributed by atoms with van der Waals surface area (Å²) in [7, 11) is 0. The van der Waals surface area contributed by atoms with Gasteiger partial charge < -0.3 is 10.6 Å². The molecule has 0 saturated carbocycles. The predicted molar refractivity (Wildman–Crippen MR) is 88.2 cm³/mol. The molecule has 0 spiro atoms. The van der Waals surface area contributed by atoms with Crippen LogP contribution < -0.4 is 15.5 Å². The van der Waals surface area contributed by atoms with Gasteiger partial charge in [-0.2, -0.15) is 9.61 Å². The molecule has 3 amide bonds. The molecule has 4 heterocycles. The van der Waals surface area contributed by atoms with Crippen LogP contribution in [-0.4, -0.2) is 44.6 Å². The van der Waals surface area contributed by atoms with E-state index < -0.39 is 0 Å². The Labute approximate surface area is 140 Å². The Bertz CT molecular complexity index is 919. The molecule has 0 atom stereocenters. The molecule has 4 rings (SSSR count). The summed E-state index contributed by atoms with van der Waals surface area (Å²) in [6, 6.07) is 3.28. The van der Waals surface area contributed by atoms with Crippen LogP contribution in [0.15, 0.2) is 29.9 Å². The number of hydrogen-bond donors (Lipinski definition) is 2. The predicted octanol–water partition coefficient (Wildman–Crippen LogP) is 0.897. The molecular formula is C14H13N7O2S. The molecule has 9 nitrogen and oxygen atoms in total. The molecule has 0 unspecified atom stereocenters. The normalized spacial score (nSPS) is 14.2. The highest BCUT2D eigenvalue weighted by Gasteiger charge is 2.24. The van der Waals surface area contributed by atoms with E-state index in [1.165, 1.54) is 11.3 Å². The van der Waals surface area contributed by atoms with Gasteiger partial charge in [0.25, 0.3) is 0 Å². The van der Waals surface area contributed by atoms with E-state index in [-0.39, 0.29) is 18.4 Å². The maximum Gasteiger partial charge on any atom is 0.323 e. The second kappa shape index (κ2) is 5.89. The van der Waals surface area contributed by atoms with Crippen LogP contribution in [0.1, 0.15) is 5.69 Å². The van der Waals surface area contributed by atoms with Crippen molar-refractivity contribution in [1.82, 2.24) is 24.9 Å². The number of thiazole rings is 1. The Kier molecular flexibility index (Phi) is 3.58. The van der Waals surface area contributed by atoms with E-state index in [1.807, 2.05) is 0 Å². The van der Waals surface area contributed by atoms with Gasteiger partial charge in [-0.15, -0.1) is 11.3 Å². The summed E-state index contributed by atoms with van der Waals surface area (Å²) in [5.41, 5.74) is 1.28. The highest BCUT2D eigenvalue weighted by molar-refractivity contribution is 7.14. The molecule has 0 radical (unpaired) electrons. The van der Waals surface area contributed by atoms with Crippen LogP contribution in [0.4, 0.5) is 15.7 Å². The van der Waals surface area contributed by atoms with Crippen LogP contribution in [-0.2, 0) is 11.2 Å². The number of amides is 3. The van der Waals surface area contributed by atoms with Gasteiger partial charge in [-0.3, -0.25) is 9.69 Å². The summed E-state index contributed by atoms with van der Waals surface area (Å²) in [4.78, 5) is 34.0. The number of carbonyl (C=O) groups excluding carboxylic acids is 2. The standard InChI is InChI=1S/C14H13N7O2S/c22-12(19-11-1-3-15-10-2-4-17-21(10)11)7-9-8-24-14(18-9)20-6-5-16-13(20)23/h1-4,8H,5-7H2,(H,16,23)(H,19,22). The minimum Gasteiger partial charge on any atom is -0.336 e. The van der Waals surface area contributed by atoms with Crippen LogP contribution in [0.5, 0.6) is 0 Å². The fourth-order valence-corrected chi connectivity index (χ4v) is 3.29. The van der Waals surface area contributed by atoms with Crippen LogP contribution >= 0.6 is 11.3 Å². The van der Waals surface area contributed by atoms with Gasteiger partial charge in [-0.25, -0.2) is 14.8 Å². The molecule has 2 N–H and O–H groups in total. The smallest absolute Gasteiger partial charge is 0.323 e. The Morgan fingerprint density at radius 3 is 3.12 bits per heavy atom. The maximum atomic E-state index is 12.2. The first-order valence-corrected chi connectivity index (χ1v) is 8.17. The molecule has 24 heavy (non-hydrogen) atoms. The van der Waals surface area contributed by atoms with Crippen LogP contribution in [0.3, 0.4) is 0 Å². The van der Waals surface area contributed by atoms with E-state index in [2.05, 4.69) is 25.7 Å². The lowest BCUT2D eigenvalue weighted by Gasteiger charge is -2.08. The number of nitrogens with one attached hydrogen (secondary N) is 2. The summed E-state index contributed by atoms with van der Waals surface area (Å²) in [5, 5.41) is 12.0. The van der Waals surface area contributed by atoms with Crippen molar-refractivity contribution in [3.8, 4) is 0 Å². The molecule has 1 aliphatic heterocycles. The first-order valence-electron chi connectivity index (χ1n) is 7.29. The van der Waals surface area contributed by atoms with Crippen molar-refractivity contribution in [1.29, 1.82) is 0 Å². The maximum absolute atomic E-state index is 12.2. The molecule has 0 bridgehead atoms. The third kappa shape index (κ3) is 2.67. The van der Waals surface area contributed by atoms with Crippen LogP contribution in [0.25, 0.3) is 5.65 Å². The van der Waals surface area contributed by atoms with Crippen molar-refractivity contribution < 1.29 is 9.59 Å². The van der Waals surface area contributed by atoms with Crippen molar-refractivity contribution in [2.75, 3.05) is 23.3 Å². The number of nitrogens with zero attached hydrogens (tertiary/aromatic N) is 5. The fraction of sp³-hybridized carbons (Fsp3) is 0.214. The van der Waals surface area contributed by atoms with Gasteiger partial charge in [0, 0.05) is 30.7 Å². The van der Waals surface area contributed by atoms with Gasteiger partial charge in [0.05, 0.1) is 18.3 Å². The molecule has 10 heteroatoms. The molecule has 3 aromatic rings. The third-order valence-electron chi connectivity index (χ3n) is 3.53. The number of hydrogen-bond acceptors (Lipinski definition) is 6. The molecule has 0 aromatic carbocycles. The Morgan fingerprint density at radius 1 is 1.38 bits per heavy atom. The number of urea groups is 1. The van der Waals surface area contributed by atoms with Crippen molar-refractivity contribution in [3.63, 3.8) is 0 Å². The number of rotatable bonds is 4. The van der Waals surface area contributed by atoms with Gasteiger partial charge in [-0.1, -0.05) is 0 Å². The average molecular weight is 343 g/mol. The Hall–Kier alpha value is -3.01. The summed E-state index contributed by atoms with van der Waals surface area (Å²) < 4.78 is 1.55. The van der Waals surface area contributed by atoms with Gasteiger partial charge in [0.2, 0.25) is 5.91 Å². The Balaban J connectivity index is 1.46. The minimum absolute atomic E-state index is 0.122. The summed E-state index contributed by atoms with van der Waals surface area (Å²) in [6.45, 7) is 1.20. The topological polar surface area (TPSA) is 105 Å². The van der Waals surface area contributed by atoms with E-state index >= 15 is 0 Å². The molecule has 122 valence electrons. The van der Waals surface area contributed by atoms with E-state index in [4.69, 9.17) is 0 Å². The van der Waals surface area contributed by atoms with Crippen molar-refractivity contribution in [3.05, 3.63) is 35.6 Å². The highest BCUT2D eigenvalue weighted by Crippen LogP contribution is 2.22. The quantitative estimate of drug-likeness (QED) is 0.732. The molecule has 1 aliphatic rings. The second-order valence-corrected chi connectivity index (χ2v) is 6.00. The minimum atomic E-state index is -0.208. The zero-order chi connectivity index (χ0) is 16.5. The third-order valence-corrected chi connectivity index (χ3v) is 4.44. The molecule has 3 aromatic heterocycles. The SMILES string of the molecule is O=C(Cc1csc(N2CCNC2=O)n1)Nc1ccnc2ccnn12. The number of aromatic nitrogens is 4. The lowest BCUT2D eigenvalue weighted by Crippen LogP contribution is -2.27. The zero-order valence-electron chi connectivity index (χ0n) is 12.5. The number of fused-ring (bicyclic) bond motifs is 1. The van der Waals surface area contributed by atoms with E-state index in [1.54, 1.807) is 39.3 Å². The van der Waals surface area contributed by atoms with Gasteiger partial charge in [-0.05, 0) is 6.07 Å². The number of carbonyl (C=O) groups is 2. The van der Waals surface area contributed by atoms with Crippen molar-refractivity contribution in [2.24, 2.45) is 0 Å². The summed E-state index contributed by atoms with van der Waals surface area (Å²) >= 11 is 1.35. The molecule has 1 saturated heterocycles. The fourth-order valence-electron chi connectivity index (χ4n) is 2.44. The zero-order valence-corrected chi connectivity index (χ0v) is 13.3. The monoisotopic (exact) mass is 343 g/mol. The largest absolute Gasteiger partial charge is 0.336 e. The van der Waals surface area contributed by atoms with E-state index in [0.29, 0.717) is 35.4 Å². The van der Waals surface area contributed by atoms with Gasteiger partial charge in [0.15, 0.2) is 10.8 Å². The second-order valence-electron chi connectivity index (χ2n) is 5.16. The number of anilines is 2.